The molecule has 1 saturated heterocycles. The Kier molecular flexibility index (Phi) is 5.67. The molecule has 1 N–H and O–H groups in total. The number of hydrogen-bond donors (Lipinski definition) is 1. The normalized spacial score (nSPS) is 14.2. The molecule has 0 saturated carbocycles. The molecule has 0 bridgehead atoms. The second-order valence-electron chi connectivity index (χ2n) is 6.08. The quantitative estimate of drug-likeness (QED) is 0.910. The molecule has 0 aromatic heterocycles. The lowest BCUT2D eigenvalue weighted by molar-refractivity contribution is -0.131. The smallest absolute Gasteiger partial charge is 0.251 e. The SMILES string of the molecule is O=C(NCCC(=O)N1CCN(c2ccccc2)CC1)c1ccccc1. The Balaban J connectivity index is 1.40. The van der Waals surface area contributed by atoms with E-state index in [1.807, 2.05) is 41.3 Å². The van der Waals surface area contributed by atoms with Gasteiger partial charge in [0, 0.05) is 50.4 Å². The van der Waals surface area contributed by atoms with E-state index in [1.165, 1.54) is 5.69 Å². The highest BCUT2D eigenvalue weighted by atomic mass is 16.2. The van der Waals surface area contributed by atoms with Crippen molar-refractivity contribution in [2.75, 3.05) is 37.6 Å². The number of piperazine rings is 1. The minimum absolute atomic E-state index is 0.0982. The van der Waals surface area contributed by atoms with Crippen molar-refractivity contribution in [1.29, 1.82) is 0 Å². The Labute approximate surface area is 148 Å². The molecule has 0 unspecified atom stereocenters. The molecule has 3 rings (SSSR count). The van der Waals surface area contributed by atoms with Gasteiger partial charge in [0.15, 0.2) is 0 Å². The number of carbonyl (C=O) groups excluding carboxylic acids is 2. The van der Waals surface area contributed by atoms with Gasteiger partial charge in [-0.25, -0.2) is 0 Å². The van der Waals surface area contributed by atoms with Gasteiger partial charge in [-0.2, -0.15) is 0 Å². The van der Waals surface area contributed by atoms with Gasteiger partial charge in [-0.15, -0.1) is 0 Å². The van der Waals surface area contributed by atoms with E-state index >= 15 is 0 Å². The number of para-hydroxylation sites is 1. The Morgan fingerprint density at radius 1 is 0.840 bits per heavy atom. The van der Waals surface area contributed by atoms with Gasteiger partial charge in [-0.3, -0.25) is 9.59 Å². The molecule has 1 heterocycles. The van der Waals surface area contributed by atoms with Crippen LogP contribution in [0.25, 0.3) is 0 Å². The van der Waals surface area contributed by atoms with E-state index in [2.05, 4.69) is 22.3 Å². The first-order chi connectivity index (χ1) is 12.2. The van der Waals surface area contributed by atoms with Crippen molar-refractivity contribution in [3.05, 3.63) is 66.2 Å². The van der Waals surface area contributed by atoms with Gasteiger partial charge in [0.1, 0.15) is 0 Å². The molecule has 2 aromatic carbocycles. The van der Waals surface area contributed by atoms with Gasteiger partial charge in [0.25, 0.3) is 5.91 Å². The number of benzene rings is 2. The molecule has 25 heavy (non-hydrogen) atoms. The molecule has 130 valence electrons. The zero-order valence-electron chi connectivity index (χ0n) is 14.2. The van der Waals surface area contributed by atoms with Crippen LogP contribution in [0.2, 0.25) is 0 Å². The topological polar surface area (TPSA) is 52.7 Å². The highest BCUT2D eigenvalue weighted by Gasteiger charge is 2.21. The third-order valence-corrected chi connectivity index (χ3v) is 4.41. The maximum Gasteiger partial charge on any atom is 0.251 e. The Bertz CT molecular complexity index is 695. The molecule has 2 amide bonds. The molecule has 0 atom stereocenters. The van der Waals surface area contributed by atoms with Crippen molar-refractivity contribution in [1.82, 2.24) is 10.2 Å². The van der Waals surface area contributed by atoms with Crippen LogP contribution in [-0.2, 0) is 4.79 Å². The fourth-order valence-corrected chi connectivity index (χ4v) is 2.99. The molecule has 5 heteroatoms. The highest BCUT2D eigenvalue weighted by molar-refractivity contribution is 5.94. The first kappa shape index (κ1) is 17.0. The van der Waals surface area contributed by atoms with Gasteiger partial charge < -0.3 is 15.1 Å². The summed E-state index contributed by atoms with van der Waals surface area (Å²) in [4.78, 5) is 28.5. The predicted octanol–water partition coefficient (Wildman–Crippen LogP) is 2.16. The average Bonchev–Trinajstić information content (AvgIpc) is 2.69. The lowest BCUT2D eigenvalue weighted by atomic mass is 10.2. The largest absolute Gasteiger partial charge is 0.368 e. The second-order valence-corrected chi connectivity index (χ2v) is 6.08. The molecule has 5 nitrogen and oxygen atoms in total. The van der Waals surface area contributed by atoms with E-state index in [1.54, 1.807) is 12.1 Å². The summed E-state index contributed by atoms with van der Waals surface area (Å²) in [5.74, 6) is -0.0385. The minimum Gasteiger partial charge on any atom is -0.368 e. The van der Waals surface area contributed by atoms with Gasteiger partial charge in [0.2, 0.25) is 5.91 Å². The lowest BCUT2D eigenvalue weighted by Crippen LogP contribution is -2.49. The highest BCUT2D eigenvalue weighted by Crippen LogP contribution is 2.15. The van der Waals surface area contributed by atoms with Crippen LogP contribution in [-0.4, -0.2) is 49.4 Å². The number of amides is 2. The van der Waals surface area contributed by atoms with E-state index in [0.717, 1.165) is 26.2 Å². The van der Waals surface area contributed by atoms with E-state index in [0.29, 0.717) is 18.5 Å². The molecule has 1 fully saturated rings. The van der Waals surface area contributed by atoms with Crippen molar-refractivity contribution >= 4 is 17.5 Å². The molecule has 1 aliphatic rings. The maximum atomic E-state index is 12.3. The molecule has 0 radical (unpaired) electrons. The molecule has 0 aliphatic carbocycles. The third-order valence-electron chi connectivity index (χ3n) is 4.41. The molecule has 1 aliphatic heterocycles. The molecular weight excluding hydrogens is 314 g/mol. The van der Waals surface area contributed by atoms with Crippen molar-refractivity contribution in [3.63, 3.8) is 0 Å². The van der Waals surface area contributed by atoms with Crippen molar-refractivity contribution in [3.8, 4) is 0 Å². The second kappa shape index (κ2) is 8.33. The van der Waals surface area contributed by atoms with Crippen LogP contribution < -0.4 is 10.2 Å². The van der Waals surface area contributed by atoms with Crippen LogP contribution >= 0.6 is 0 Å². The summed E-state index contributed by atoms with van der Waals surface area (Å²) < 4.78 is 0. The molecule has 0 spiro atoms. The minimum atomic E-state index is -0.137. The number of carbonyl (C=O) groups is 2. The number of nitrogens with one attached hydrogen (secondary N) is 1. The van der Waals surface area contributed by atoms with Crippen molar-refractivity contribution < 1.29 is 9.59 Å². The zero-order valence-corrected chi connectivity index (χ0v) is 14.2. The van der Waals surface area contributed by atoms with Gasteiger partial charge in [-0.05, 0) is 24.3 Å². The Morgan fingerprint density at radius 3 is 2.08 bits per heavy atom. The van der Waals surface area contributed by atoms with Crippen LogP contribution in [0.3, 0.4) is 0 Å². The van der Waals surface area contributed by atoms with Gasteiger partial charge in [0.05, 0.1) is 0 Å². The van der Waals surface area contributed by atoms with Crippen LogP contribution in [0.5, 0.6) is 0 Å². The monoisotopic (exact) mass is 337 g/mol. The lowest BCUT2D eigenvalue weighted by Gasteiger charge is -2.36. The van der Waals surface area contributed by atoms with E-state index < -0.39 is 0 Å². The van der Waals surface area contributed by atoms with E-state index in [4.69, 9.17) is 0 Å². The zero-order chi connectivity index (χ0) is 17.5. The third kappa shape index (κ3) is 4.59. The van der Waals surface area contributed by atoms with Gasteiger partial charge >= 0.3 is 0 Å². The van der Waals surface area contributed by atoms with Gasteiger partial charge in [-0.1, -0.05) is 36.4 Å². The molecule has 2 aromatic rings. The van der Waals surface area contributed by atoms with Crippen LogP contribution in [0.1, 0.15) is 16.8 Å². The summed E-state index contributed by atoms with van der Waals surface area (Å²) in [6, 6.07) is 19.3. The van der Waals surface area contributed by atoms with Crippen molar-refractivity contribution in [2.24, 2.45) is 0 Å². The maximum absolute atomic E-state index is 12.3. The van der Waals surface area contributed by atoms with E-state index in [9.17, 15) is 9.59 Å². The average molecular weight is 337 g/mol. The fraction of sp³-hybridized carbons (Fsp3) is 0.300. The van der Waals surface area contributed by atoms with Crippen LogP contribution in [0.15, 0.2) is 60.7 Å². The fourth-order valence-electron chi connectivity index (χ4n) is 2.99. The summed E-state index contributed by atoms with van der Waals surface area (Å²) >= 11 is 0. The summed E-state index contributed by atoms with van der Waals surface area (Å²) in [5, 5.41) is 2.81. The first-order valence-electron chi connectivity index (χ1n) is 8.65. The summed E-state index contributed by atoms with van der Waals surface area (Å²) in [6.07, 6.45) is 0.337. The summed E-state index contributed by atoms with van der Waals surface area (Å²) in [7, 11) is 0. The summed E-state index contributed by atoms with van der Waals surface area (Å²) in [5.41, 5.74) is 1.82. The number of hydrogen-bond acceptors (Lipinski definition) is 3. The summed E-state index contributed by atoms with van der Waals surface area (Å²) in [6.45, 7) is 3.49. The number of rotatable bonds is 5. The van der Waals surface area contributed by atoms with E-state index in [-0.39, 0.29) is 11.8 Å². The number of nitrogens with zero attached hydrogens (tertiary/aromatic N) is 2. The van der Waals surface area contributed by atoms with Crippen LogP contribution in [0.4, 0.5) is 5.69 Å². The van der Waals surface area contributed by atoms with Crippen LogP contribution in [0, 0.1) is 0 Å². The Hall–Kier alpha value is -2.82. The first-order valence-corrected chi connectivity index (χ1v) is 8.65. The number of anilines is 1. The molecular formula is C20H23N3O2. The van der Waals surface area contributed by atoms with Crippen molar-refractivity contribution in [2.45, 2.75) is 6.42 Å². The standard InChI is InChI=1S/C20H23N3O2/c24-19(11-12-21-20(25)17-7-3-1-4-8-17)23-15-13-22(14-16-23)18-9-5-2-6-10-18/h1-10H,11-16H2,(H,21,25). The predicted molar refractivity (Wildman–Crippen MR) is 98.6 cm³/mol. The Morgan fingerprint density at radius 2 is 1.44 bits per heavy atom.